The highest BCUT2D eigenvalue weighted by atomic mass is 33.1. The minimum absolute atomic E-state index is 0.0169. The van der Waals surface area contributed by atoms with Gasteiger partial charge in [-0.3, -0.25) is 9.59 Å². The molecule has 0 aromatic rings. The van der Waals surface area contributed by atoms with Crippen LogP contribution in [0.3, 0.4) is 0 Å². The summed E-state index contributed by atoms with van der Waals surface area (Å²) in [5, 5.41) is 5.51. The molecule has 0 radical (unpaired) electrons. The molecule has 1 aliphatic rings. The molecule has 1 saturated heterocycles. The molecule has 0 spiro atoms. The van der Waals surface area contributed by atoms with Gasteiger partial charge in [0.1, 0.15) is 19.8 Å². The topological polar surface area (TPSA) is 132 Å². The summed E-state index contributed by atoms with van der Waals surface area (Å²) < 4.78 is 21.8. The second-order valence-corrected chi connectivity index (χ2v) is 20.6. The Morgan fingerprint density at radius 3 is 1.42 bits per heavy atom. The van der Waals surface area contributed by atoms with Gasteiger partial charge in [0.05, 0.1) is 6.54 Å². The Hall–Kier alpha value is -2.38. The van der Waals surface area contributed by atoms with Gasteiger partial charge in [0.15, 0.2) is 6.10 Å². The average molecular weight is 969 g/mol. The van der Waals surface area contributed by atoms with Crippen LogP contribution in [0.25, 0.3) is 0 Å². The maximum atomic E-state index is 12.8. The highest BCUT2D eigenvalue weighted by Gasteiger charge is 2.19. The monoisotopic (exact) mass is 968 g/mol. The van der Waals surface area contributed by atoms with Crippen molar-refractivity contribution >= 4 is 45.7 Å². The zero-order valence-corrected chi connectivity index (χ0v) is 43.7. The van der Waals surface area contributed by atoms with E-state index in [1.807, 2.05) is 0 Å². The number of nitrogens with zero attached hydrogens (tertiary/aromatic N) is 1. The summed E-state index contributed by atoms with van der Waals surface area (Å²) in [6, 6.07) is 0. The van der Waals surface area contributed by atoms with Crippen molar-refractivity contribution in [3.8, 4) is 0 Å². The predicted molar refractivity (Wildman–Crippen MR) is 278 cm³/mol. The van der Waals surface area contributed by atoms with Gasteiger partial charge >= 0.3 is 24.1 Å². The molecule has 66 heavy (non-hydrogen) atoms. The van der Waals surface area contributed by atoms with E-state index < -0.39 is 18.3 Å². The van der Waals surface area contributed by atoms with Crippen molar-refractivity contribution in [1.82, 2.24) is 15.5 Å². The molecule has 1 unspecified atom stereocenters. The molecule has 0 aromatic heterocycles. The first kappa shape index (κ1) is 61.6. The summed E-state index contributed by atoms with van der Waals surface area (Å²) >= 11 is 0. The second kappa shape index (κ2) is 49.1. The Kier molecular flexibility index (Phi) is 45.8. The van der Waals surface area contributed by atoms with Crippen LogP contribution in [0.1, 0.15) is 219 Å². The number of ether oxygens (including phenoxy) is 4. The molecule has 11 nitrogen and oxygen atoms in total. The van der Waals surface area contributed by atoms with Crippen LogP contribution in [0, 0.1) is 0 Å². The lowest BCUT2D eigenvalue weighted by Gasteiger charge is -2.19. The highest BCUT2D eigenvalue weighted by molar-refractivity contribution is 8.76. The first-order chi connectivity index (χ1) is 32.4. The van der Waals surface area contributed by atoms with Gasteiger partial charge < -0.3 is 34.5 Å². The summed E-state index contributed by atoms with van der Waals surface area (Å²) in [5.41, 5.74) is 0. The van der Waals surface area contributed by atoms with Crippen LogP contribution in [0.2, 0.25) is 0 Å². The molecule has 1 rings (SSSR count). The van der Waals surface area contributed by atoms with Gasteiger partial charge in [0, 0.05) is 37.4 Å². The number of carbonyl (C=O) groups is 4. The number of rotatable bonds is 45. The van der Waals surface area contributed by atoms with Crippen molar-refractivity contribution in [3.63, 3.8) is 0 Å². The van der Waals surface area contributed by atoms with E-state index in [4.69, 9.17) is 18.9 Å². The largest absolute Gasteiger partial charge is 0.462 e. The molecule has 2 N–H and O–H groups in total. The molecule has 1 heterocycles. The normalized spacial score (nSPS) is 13.7. The zero-order chi connectivity index (χ0) is 47.6. The minimum atomic E-state index is -0.803. The van der Waals surface area contributed by atoms with E-state index in [-0.39, 0.29) is 38.1 Å². The number of likely N-dealkylation sites (tertiary alicyclic amines) is 1. The van der Waals surface area contributed by atoms with Crippen molar-refractivity contribution in [1.29, 1.82) is 0 Å². The number of unbranched alkanes of at least 4 members (excludes halogenated alkanes) is 22. The van der Waals surface area contributed by atoms with Crippen LogP contribution in [0.5, 0.6) is 0 Å². The van der Waals surface area contributed by atoms with E-state index in [0.29, 0.717) is 31.1 Å². The zero-order valence-electron chi connectivity index (χ0n) is 42.1. The molecule has 0 aliphatic carbocycles. The maximum Gasteiger partial charge on any atom is 0.407 e. The number of nitrogens with one attached hydrogen (secondary N) is 2. The molecule has 13 heteroatoms. The molecule has 2 amide bonds. The first-order valence-corrected chi connectivity index (χ1v) is 29.4. The summed E-state index contributed by atoms with van der Waals surface area (Å²) in [6.45, 7) is 8.49. The van der Waals surface area contributed by atoms with Crippen LogP contribution in [-0.4, -0.2) is 99.2 Å². The lowest BCUT2D eigenvalue weighted by molar-refractivity contribution is -0.158. The minimum Gasteiger partial charge on any atom is -0.462 e. The number of esters is 2. The van der Waals surface area contributed by atoms with Crippen LogP contribution in [0.4, 0.5) is 9.59 Å². The Morgan fingerprint density at radius 1 is 0.515 bits per heavy atom. The van der Waals surface area contributed by atoms with Crippen LogP contribution < -0.4 is 10.6 Å². The molecular formula is C53H97N3O8S2. The Bertz CT molecular complexity index is 1200. The number of hydrogen-bond acceptors (Lipinski definition) is 11. The van der Waals surface area contributed by atoms with Crippen molar-refractivity contribution in [2.45, 2.75) is 225 Å². The van der Waals surface area contributed by atoms with Gasteiger partial charge in [-0.05, 0) is 90.1 Å². The molecular weight excluding hydrogens is 871 g/mol. The van der Waals surface area contributed by atoms with Crippen molar-refractivity contribution in [3.05, 3.63) is 24.3 Å². The van der Waals surface area contributed by atoms with Crippen molar-refractivity contribution < 1.29 is 38.1 Å². The van der Waals surface area contributed by atoms with Gasteiger partial charge in [-0.25, -0.2) is 9.59 Å². The number of hydrogen-bond donors (Lipinski definition) is 2. The molecule has 0 aromatic carbocycles. The Labute approximate surface area is 411 Å². The van der Waals surface area contributed by atoms with Gasteiger partial charge in [-0.2, -0.15) is 0 Å². The summed E-state index contributed by atoms with van der Waals surface area (Å²) in [6.07, 6.45) is 43.9. The highest BCUT2D eigenvalue weighted by Crippen LogP contribution is 2.20. The molecule has 1 aliphatic heterocycles. The van der Waals surface area contributed by atoms with E-state index in [1.165, 1.54) is 133 Å². The number of amides is 2. The first-order valence-electron chi connectivity index (χ1n) is 26.9. The van der Waals surface area contributed by atoms with Gasteiger partial charge in [-0.15, -0.1) is 0 Å². The van der Waals surface area contributed by atoms with E-state index in [9.17, 15) is 19.2 Å². The fourth-order valence-corrected chi connectivity index (χ4v) is 9.40. The molecule has 0 saturated carbocycles. The van der Waals surface area contributed by atoms with Gasteiger partial charge in [0.25, 0.3) is 0 Å². The van der Waals surface area contributed by atoms with E-state index >= 15 is 0 Å². The smallest absolute Gasteiger partial charge is 0.407 e. The van der Waals surface area contributed by atoms with E-state index in [1.54, 1.807) is 10.8 Å². The Morgan fingerprint density at radius 2 is 0.939 bits per heavy atom. The van der Waals surface area contributed by atoms with Gasteiger partial charge in [-0.1, -0.05) is 175 Å². The van der Waals surface area contributed by atoms with Crippen LogP contribution >= 0.6 is 21.6 Å². The lowest BCUT2D eigenvalue weighted by Crippen LogP contribution is -2.38. The third-order valence-electron chi connectivity index (χ3n) is 11.8. The quantitative estimate of drug-likeness (QED) is 0.0199. The third kappa shape index (κ3) is 44.1. The van der Waals surface area contributed by atoms with E-state index in [0.717, 1.165) is 90.3 Å². The molecule has 384 valence electrons. The maximum absolute atomic E-state index is 12.8. The Balaban J connectivity index is 2.29. The van der Waals surface area contributed by atoms with Crippen LogP contribution in [-0.2, 0) is 28.5 Å². The predicted octanol–water partition coefficient (Wildman–Crippen LogP) is 14.2. The number of carbonyl (C=O) groups excluding carboxylic acids is 4. The third-order valence-corrected chi connectivity index (χ3v) is 14.1. The molecule has 1 fully saturated rings. The van der Waals surface area contributed by atoms with Crippen LogP contribution in [0.15, 0.2) is 24.3 Å². The second-order valence-electron chi connectivity index (χ2n) is 17.9. The fraction of sp³-hybridized carbons (Fsp3) is 0.849. The van der Waals surface area contributed by atoms with Gasteiger partial charge in [0.2, 0.25) is 0 Å². The summed E-state index contributed by atoms with van der Waals surface area (Å²) in [5.74, 6) is 0.500. The van der Waals surface area contributed by atoms with Crippen molar-refractivity contribution in [2.75, 3.05) is 64.1 Å². The fourth-order valence-electron chi connectivity index (χ4n) is 7.75. The average Bonchev–Trinajstić information content (AvgIpc) is 3.59. The summed E-state index contributed by atoms with van der Waals surface area (Å²) in [7, 11) is 3.07. The number of allylic oxidation sites excluding steroid dienone is 4. The lowest BCUT2D eigenvalue weighted by atomic mass is 10.1. The SMILES string of the molecule is CCCCCCCC/C=C\CCCCCCCC(=O)OCC(CNC(=O)OCCSSCCOC(=O)NCCN1CCCCCC1)OC(=O)CCCCCCC/C=C\CCCCCCCC. The molecule has 0 bridgehead atoms. The standard InChI is InChI=1S/C53H97N3O8S2/c1-3-5-7-9-11-13-15-17-19-21-23-25-27-29-33-37-50(57)63-48-49(64-51(58)38-34-30-28-26-24-22-20-18-16-14-12-10-8-6-4-2)47-55-53(60)62-44-46-66-65-45-43-61-52(59)54-39-42-56-40-35-31-32-36-41-56/h17-20,49H,3-16,21-48H2,1-2H3,(H,54,59)(H,55,60)/b19-17-,20-18-. The van der Waals surface area contributed by atoms with E-state index in [2.05, 4.69) is 53.7 Å². The van der Waals surface area contributed by atoms with Crippen molar-refractivity contribution in [2.24, 2.45) is 0 Å². The number of alkyl carbamates (subject to hydrolysis) is 2. The summed E-state index contributed by atoms with van der Waals surface area (Å²) in [4.78, 5) is 52.4. The molecule has 1 atom stereocenters.